The van der Waals surface area contributed by atoms with Gasteiger partial charge in [0.1, 0.15) is 5.54 Å². The number of amides is 1. The fourth-order valence-corrected chi connectivity index (χ4v) is 2.72. The number of rotatable bonds is 7. The molecule has 2 aliphatic rings. The highest BCUT2D eigenvalue weighted by atomic mass is 16.1. The van der Waals surface area contributed by atoms with Crippen molar-refractivity contribution in [1.29, 1.82) is 0 Å². The van der Waals surface area contributed by atoms with E-state index in [-0.39, 0.29) is 5.91 Å². The van der Waals surface area contributed by atoms with Gasteiger partial charge in [-0.1, -0.05) is 5.21 Å². The zero-order chi connectivity index (χ0) is 15.5. The van der Waals surface area contributed by atoms with Crippen LogP contribution in [0, 0.1) is 12.3 Å². The fourth-order valence-electron chi connectivity index (χ4n) is 2.72. The molecule has 1 saturated heterocycles. The van der Waals surface area contributed by atoms with E-state index in [1.165, 1.54) is 0 Å². The number of aromatic amines is 1. The second-order valence-electron chi connectivity index (χ2n) is 5.68. The Bertz CT molecular complexity index is 590. The quantitative estimate of drug-likeness (QED) is 0.605. The molecule has 1 atom stereocenters. The second kappa shape index (κ2) is 5.81. The van der Waals surface area contributed by atoms with E-state index in [2.05, 4.69) is 47.4 Å². The van der Waals surface area contributed by atoms with Gasteiger partial charge in [-0.05, 0) is 13.0 Å². The van der Waals surface area contributed by atoms with E-state index >= 15 is 0 Å². The molecule has 9 heteroatoms. The summed E-state index contributed by atoms with van der Waals surface area (Å²) in [5.41, 5.74) is -1.02. The topological polar surface area (TPSA) is 120 Å². The van der Waals surface area contributed by atoms with Crippen LogP contribution in [0.15, 0.2) is 10.2 Å². The molecule has 2 aliphatic heterocycles. The second-order valence-corrected chi connectivity index (χ2v) is 5.68. The number of hydrogen-bond donors (Lipinski definition) is 3. The Morgan fingerprint density at radius 3 is 2.86 bits per heavy atom. The minimum Gasteiger partial charge on any atom is -0.342 e. The molecule has 3 rings (SSSR count). The smallest absolute Gasteiger partial charge is 0.221 e. The van der Waals surface area contributed by atoms with E-state index < -0.39 is 11.2 Å². The van der Waals surface area contributed by atoms with Crippen molar-refractivity contribution in [2.75, 3.05) is 13.1 Å². The van der Waals surface area contributed by atoms with Crippen molar-refractivity contribution >= 4 is 5.91 Å². The van der Waals surface area contributed by atoms with Gasteiger partial charge in [-0.25, -0.2) is 0 Å². The van der Waals surface area contributed by atoms with Gasteiger partial charge in [0, 0.05) is 32.2 Å². The number of H-pyrrole nitrogens is 1. The van der Waals surface area contributed by atoms with Crippen LogP contribution >= 0.6 is 0 Å². The van der Waals surface area contributed by atoms with Crippen molar-refractivity contribution in [1.82, 2.24) is 31.3 Å². The van der Waals surface area contributed by atoms with Crippen molar-refractivity contribution in [2.45, 2.75) is 43.3 Å². The number of terminal acetylenes is 1. The summed E-state index contributed by atoms with van der Waals surface area (Å²) in [5.74, 6) is 3.02. The molecule has 1 aromatic heterocycles. The van der Waals surface area contributed by atoms with Gasteiger partial charge in [0.15, 0.2) is 5.66 Å². The average molecular weight is 302 g/mol. The maximum atomic E-state index is 12.3. The lowest BCUT2D eigenvalue weighted by atomic mass is 9.96. The summed E-state index contributed by atoms with van der Waals surface area (Å²) in [4.78, 5) is 12.3. The molecule has 3 N–H and O–H groups in total. The molecule has 1 unspecified atom stereocenters. The van der Waals surface area contributed by atoms with E-state index in [9.17, 15) is 4.79 Å². The highest BCUT2D eigenvalue weighted by Gasteiger charge is 2.43. The van der Waals surface area contributed by atoms with Crippen LogP contribution in [0.5, 0.6) is 0 Å². The van der Waals surface area contributed by atoms with Gasteiger partial charge in [-0.3, -0.25) is 4.79 Å². The van der Waals surface area contributed by atoms with E-state index in [1.807, 2.05) is 0 Å². The van der Waals surface area contributed by atoms with Crippen LogP contribution in [-0.4, -0.2) is 45.3 Å². The first-order valence-corrected chi connectivity index (χ1v) is 7.31. The van der Waals surface area contributed by atoms with Crippen LogP contribution in [0.2, 0.25) is 0 Å². The van der Waals surface area contributed by atoms with Gasteiger partial charge in [-0.2, -0.15) is 15.4 Å². The van der Waals surface area contributed by atoms with Crippen LogP contribution in [0.25, 0.3) is 0 Å². The molecule has 3 heterocycles. The summed E-state index contributed by atoms with van der Waals surface area (Å²) in [7, 11) is 0. The predicted molar refractivity (Wildman–Crippen MR) is 76.4 cm³/mol. The summed E-state index contributed by atoms with van der Waals surface area (Å²) < 4.78 is 0. The zero-order valence-electron chi connectivity index (χ0n) is 12.2. The Balaban J connectivity index is 1.56. The van der Waals surface area contributed by atoms with Crippen molar-refractivity contribution in [3.8, 4) is 12.3 Å². The third-order valence-electron chi connectivity index (χ3n) is 4.11. The predicted octanol–water partition coefficient (Wildman–Crippen LogP) is -0.140. The SMILES string of the molecule is C#CCCC1(CCC(=O)NC2(c3nn[nH]n3)CCNC2)N=N1. The lowest BCUT2D eigenvalue weighted by molar-refractivity contribution is -0.123. The van der Waals surface area contributed by atoms with E-state index in [0.717, 1.165) is 13.0 Å². The van der Waals surface area contributed by atoms with Crippen LogP contribution in [0.4, 0.5) is 0 Å². The number of carbonyl (C=O) groups excluding carboxylic acids is 1. The molecule has 116 valence electrons. The number of carbonyl (C=O) groups is 1. The van der Waals surface area contributed by atoms with Gasteiger partial charge < -0.3 is 10.6 Å². The van der Waals surface area contributed by atoms with Crippen LogP contribution in [0.1, 0.15) is 37.9 Å². The molecule has 0 spiro atoms. The molecule has 0 bridgehead atoms. The lowest BCUT2D eigenvalue weighted by Crippen LogP contribution is -2.48. The van der Waals surface area contributed by atoms with Crippen molar-refractivity contribution in [3.05, 3.63) is 5.82 Å². The Morgan fingerprint density at radius 2 is 2.27 bits per heavy atom. The number of aromatic nitrogens is 4. The van der Waals surface area contributed by atoms with Crippen molar-refractivity contribution in [3.63, 3.8) is 0 Å². The molecule has 0 radical (unpaired) electrons. The molecule has 9 nitrogen and oxygen atoms in total. The van der Waals surface area contributed by atoms with Crippen molar-refractivity contribution < 1.29 is 4.79 Å². The summed E-state index contributed by atoms with van der Waals surface area (Å²) >= 11 is 0. The highest BCUT2D eigenvalue weighted by Crippen LogP contribution is 2.37. The Hall–Kier alpha value is -2.34. The molecule has 0 aromatic carbocycles. The Kier molecular flexibility index (Phi) is 3.85. The summed E-state index contributed by atoms with van der Waals surface area (Å²) in [6, 6.07) is 0. The number of nitrogens with one attached hydrogen (secondary N) is 3. The van der Waals surface area contributed by atoms with Gasteiger partial charge >= 0.3 is 0 Å². The number of nitrogens with zero attached hydrogens (tertiary/aromatic N) is 5. The van der Waals surface area contributed by atoms with Gasteiger partial charge in [-0.15, -0.1) is 22.5 Å². The molecule has 1 fully saturated rings. The number of hydrogen-bond acceptors (Lipinski definition) is 7. The molecular weight excluding hydrogens is 284 g/mol. The average Bonchev–Trinajstić information content (AvgIpc) is 2.95. The van der Waals surface area contributed by atoms with Gasteiger partial charge in [0.25, 0.3) is 0 Å². The summed E-state index contributed by atoms with van der Waals surface area (Å²) in [6.07, 6.45) is 8.23. The maximum absolute atomic E-state index is 12.3. The fraction of sp³-hybridized carbons (Fsp3) is 0.692. The third-order valence-corrected chi connectivity index (χ3v) is 4.11. The first-order chi connectivity index (χ1) is 10.7. The monoisotopic (exact) mass is 302 g/mol. The molecule has 22 heavy (non-hydrogen) atoms. The van der Waals surface area contributed by atoms with Crippen molar-refractivity contribution in [2.24, 2.45) is 10.2 Å². The Labute approximate surface area is 127 Å². The standard InChI is InChI=1S/C13H18N8O/c1-2-3-5-13(18-19-13)6-4-10(22)15-12(7-8-14-9-12)11-16-20-21-17-11/h1,14H,3-9H2,(H,15,22)(H,16,17,20,21). The summed E-state index contributed by atoms with van der Waals surface area (Å²) in [6.45, 7) is 1.39. The Morgan fingerprint density at radius 1 is 1.41 bits per heavy atom. The zero-order valence-corrected chi connectivity index (χ0v) is 12.2. The highest BCUT2D eigenvalue weighted by molar-refractivity contribution is 5.77. The molecule has 0 aliphatic carbocycles. The molecule has 0 saturated carbocycles. The molecule has 1 amide bonds. The largest absolute Gasteiger partial charge is 0.342 e. The first-order valence-electron chi connectivity index (χ1n) is 7.31. The van der Waals surface area contributed by atoms with E-state index in [0.29, 0.717) is 38.1 Å². The lowest BCUT2D eigenvalue weighted by Gasteiger charge is -2.26. The van der Waals surface area contributed by atoms with E-state index in [1.54, 1.807) is 0 Å². The minimum absolute atomic E-state index is 0.0640. The number of tetrazole rings is 1. The summed E-state index contributed by atoms with van der Waals surface area (Å²) in [5, 5.41) is 28.4. The molecule has 1 aromatic rings. The minimum atomic E-state index is -0.589. The molecular formula is C13H18N8O. The van der Waals surface area contributed by atoms with E-state index in [4.69, 9.17) is 6.42 Å². The van der Waals surface area contributed by atoms with Gasteiger partial charge in [0.05, 0.1) is 0 Å². The van der Waals surface area contributed by atoms with Crippen LogP contribution in [-0.2, 0) is 10.3 Å². The third kappa shape index (κ3) is 2.96. The van der Waals surface area contributed by atoms with Crippen LogP contribution < -0.4 is 10.6 Å². The van der Waals surface area contributed by atoms with Gasteiger partial charge in [0.2, 0.25) is 11.7 Å². The first kappa shape index (κ1) is 14.6. The normalized spacial score (nSPS) is 24.9. The van der Waals surface area contributed by atoms with Crippen LogP contribution in [0.3, 0.4) is 0 Å². The maximum Gasteiger partial charge on any atom is 0.221 e.